The van der Waals surface area contributed by atoms with Crippen molar-refractivity contribution in [3.63, 3.8) is 0 Å². The normalized spacial score (nSPS) is 19.5. The SMILES string of the molecule is Cc1ccc(NC(=O)C(C)N2CCN(C(=O)OC(C)(C)C)CC2)cc1S(=O)(=O)N1CCOCC1. The topological polar surface area (TPSA) is 108 Å². The smallest absolute Gasteiger partial charge is 0.410 e. The molecule has 2 amide bonds. The zero-order chi connectivity index (χ0) is 25.1. The van der Waals surface area contributed by atoms with E-state index in [1.54, 1.807) is 30.9 Å². The summed E-state index contributed by atoms with van der Waals surface area (Å²) in [6.45, 7) is 12.4. The number of aryl methyl sites for hydroxylation is 1. The third-order valence-electron chi connectivity index (χ3n) is 5.94. The lowest BCUT2D eigenvalue weighted by atomic mass is 10.2. The van der Waals surface area contributed by atoms with Gasteiger partial charge in [-0.3, -0.25) is 9.69 Å². The first-order valence-corrected chi connectivity index (χ1v) is 13.0. The molecule has 11 heteroatoms. The lowest BCUT2D eigenvalue weighted by Gasteiger charge is -2.37. The maximum absolute atomic E-state index is 13.1. The van der Waals surface area contributed by atoms with E-state index >= 15 is 0 Å². The van der Waals surface area contributed by atoms with E-state index in [1.165, 1.54) is 10.4 Å². The second kappa shape index (κ2) is 10.6. The minimum atomic E-state index is -3.68. The average molecular weight is 497 g/mol. The Bertz CT molecular complexity index is 993. The van der Waals surface area contributed by atoms with Crippen LogP contribution >= 0.6 is 0 Å². The molecule has 1 N–H and O–H groups in total. The van der Waals surface area contributed by atoms with Crippen LogP contribution in [0.25, 0.3) is 0 Å². The fourth-order valence-corrected chi connectivity index (χ4v) is 5.57. The van der Waals surface area contributed by atoms with Crippen molar-refractivity contribution in [3.05, 3.63) is 23.8 Å². The van der Waals surface area contributed by atoms with Crippen LogP contribution in [0.5, 0.6) is 0 Å². The second-order valence-corrected chi connectivity index (χ2v) is 11.6. The van der Waals surface area contributed by atoms with Crippen LogP contribution in [0.3, 0.4) is 0 Å². The van der Waals surface area contributed by atoms with Crippen molar-refractivity contribution < 1.29 is 27.5 Å². The monoisotopic (exact) mass is 496 g/mol. The number of ether oxygens (including phenoxy) is 2. The largest absolute Gasteiger partial charge is 0.444 e. The molecule has 3 rings (SSSR count). The van der Waals surface area contributed by atoms with E-state index < -0.39 is 21.7 Å². The molecule has 0 radical (unpaired) electrons. The van der Waals surface area contributed by atoms with Gasteiger partial charge in [-0.1, -0.05) is 6.07 Å². The van der Waals surface area contributed by atoms with Gasteiger partial charge in [0.1, 0.15) is 5.60 Å². The number of piperazine rings is 1. The number of hydrogen-bond donors (Lipinski definition) is 1. The van der Waals surface area contributed by atoms with Gasteiger partial charge in [-0.25, -0.2) is 13.2 Å². The highest BCUT2D eigenvalue weighted by Gasteiger charge is 2.31. The number of nitrogens with zero attached hydrogens (tertiary/aromatic N) is 3. The highest BCUT2D eigenvalue weighted by molar-refractivity contribution is 7.89. The van der Waals surface area contributed by atoms with Crippen molar-refractivity contribution >= 4 is 27.7 Å². The second-order valence-electron chi connectivity index (χ2n) is 9.67. The molecule has 0 spiro atoms. The zero-order valence-electron chi connectivity index (χ0n) is 20.7. The Morgan fingerprint density at radius 2 is 1.68 bits per heavy atom. The Morgan fingerprint density at radius 1 is 1.06 bits per heavy atom. The summed E-state index contributed by atoms with van der Waals surface area (Å²) >= 11 is 0. The highest BCUT2D eigenvalue weighted by atomic mass is 32.2. The van der Waals surface area contributed by atoms with E-state index in [9.17, 15) is 18.0 Å². The Kier molecular flexibility index (Phi) is 8.22. The molecule has 2 aliphatic rings. The first-order valence-electron chi connectivity index (χ1n) is 11.6. The molecule has 0 saturated carbocycles. The lowest BCUT2D eigenvalue weighted by molar-refractivity contribution is -0.121. The Morgan fingerprint density at radius 3 is 2.26 bits per heavy atom. The molecule has 190 valence electrons. The Labute approximate surface area is 202 Å². The molecule has 10 nitrogen and oxygen atoms in total. The number of hydrogen-bond acceptors (Lipinski definition) is 7. The summed E-state index contributed by atoms with van der Waals surface area (Å²) in [5.41, 5.74) is 0.501. The average Bonchev–Trinajstić information content (AvgIpc) is 2.79. The standard InChI is InChI=1S/C23H36N4O6S/c1-17-6-7-19(16-20(17)34(30,31)27-12-14-32-15-13-27)24-21(28)18(2)25-8-10-26(11-9-25)22(29)33-23(3,4)5/h6-7,16,18H,8-15H2,1-5H3,(H,24,28). The first kappa shape index (κ1) is 26.4. The predicted octanol–water partition coefficient (Wildman–Crippen LogP) is 1.90. The van der Waals surface area contributed by atoms with Gasteiger partial charge in [0.15, 0.2) is 0 Å². The minimum Gasteiger partial charge on any atom is -0.444 e. The third kappa shape index (κ3) is 6.47. The number of carbonyl (C=O) groups is 2. The van der Waals surface area contributed by atoms with Gasteiger partial charge in [-0.15, -0.1) is 0 Å². The maximum Gasteiger partial charge on any atom is 0.410 e. The summed E-state index contributed by atoms with van der Waals surface area (Å²) in [7, 11) is -3.68. The highest BCUT2D eigenvalue weighted by Crippen LogP contribution is 2.25. The molecule has 2 heterocycles. The molecule has 0 aliphatic carbocycles. The fourth-order valence-electron chi connectivity index (χ4n) is 3.91. The van der Waals surface area contributed by atoms with E-state index in [-0.39, 0.29) is 16.9 Å². The molecule has 0 aromatic heterocycles. The third-order valence-corrected chi connectivity index (χ3v) is 7.98. The number of anilines is 1. The van der Waals surface area contributed by atoms with Crippen LogP contribution in [0.1, 0.15) is 33.3 Å². The molecule has 1 unspecified atom stereocenters. The van der Waals surface area contributed by atoms with E-state index in [1.807, 2.05) is 25.7 Å². The van der Waals surface area contributed by atoms with Crippen LogP contribution in [-0.4, -0.2) is 98.6 Å². The molecule has 0 bridgehead atoms. The maximum atomic E-state index is 13.1. The summed E-state index contributed by atoms with van der Waals surface area (Å²) in [5.74, 6) is -0.232. The van der Waals surface area contributed by atoms with Crippen molar-refractivity contribution in [2.24, 2.45) is 0 Å². The van der Waals surface area contributed by atoms with Crippen LogP contribution in [0.15, 0.2) is 23.1 Å². The number of rotatable bonds is 5. The zero-order valence-corrected chi connectivity index (χ0v) is 21.5. The van der Waals surface area contributed by atoms with Gasteiger partial charge < -0.3 is 19.7 Å². The molecule has 2 aliphatic heterocycles. The lowest BCUT2D eigenvalue weighted by Crippen LogP contribution is -2.54. The van der Waals surface area contributed by atoms with E-state index in [0.29, 0.717) is 63.7 Å². The van der Waals surface area contributed by atoms with Gasteiger partial charge in [0, 0.05) is 45.0 Å². The number of carbonyl (C=O) groups excluding carboxylic acids is 2. The van der Waals surface area contributed by atoms with Crippen molar-refractivity contribution in [1.82, 2.24) is 14.1 Å². The predicted molar refractivity (Wildman–Crippen MR) is 128 cm³/mol. The summed E-state index contributed by atoms with van der Waals surface area (Å²) in [6.07, 6.45) is -0.349. The van der Waals surface area contributed by atoms with Gasteiger partial charge in [0.05, 0.1) is 24.2 Å². The van der Waals surface area contributed by atoms with E-state index in [2.05, 4.69) is 5.32 Å². The van der Waals surface area contributed by atoms with Gasteiger partial charge in [0.25, 0.3) is 0 Å². The molecular weight excluding hydrogens is 460 g/mol. The molecule has 1 aromatic rings. The number of sulfonamides is 1. The molecule has 2 fully saturated rings. The van der Waals surface area contributed by atoms with Crippen LogP contribution in [-0.2, 0) is 24.3 Å². The van der Waals surface area contributed by atoms with Crippen molar-refractivity contribution in [2.45, 2.75) is 51.2 Å². The number of benzene rings is 1. The number of amides is 2. The van der Waals surface area contributed by atoms with Crippen LogP contribution in [0.4, 0.5) is 10.5 Å². The summed E-state index contributed by atoms with van der Waals surface area (Å²) in [6, 6.07) is 4.48. The van der Waals surface area contributed by atoms with Crippen molar-refractivity contribution in [1.29, 1.82) is 0 Å². The summed E-state index contributed by atoms with van der Waals surface area (Å²) in [4.78, 5) is 29.0. The van der Waals surface area contributed by atoms with Gasteiger partial charge in [0.2, 0.25) is 15.9 Å². The summed E-state index contributed by atoms with van der Waals surface area (Å²) < 4.78 is 38.3. The minimum absolute atomic E-state index is 0.186. The Balaban J connectivity index is 1.61. The van der Waals surface area contributed by atoms with Crippen LogP contribution < -0.4 is 5.32 Å². The molecule has 1 atom stereocenters. The molecular formula is C23H36N4O6S. The fraction of sp³-hybridized carbons (Fsp3) is 0.652. The van der Waals surface area contributed by atoms with Gasteiger partial charge in [-0.2, -0.15) is 4.31 Å². The molecule has 2 saturated heterocycles. The molecule has 1 aromatic carbocycles. The van der Waals surface area contributed by atoms with E-state index in [0.717, 1.165) is 0 Å². The van der Waals surface area contributed by atoms with Crippen molar-refractivity contribution in [2.75, 3.05) is 57.8 Å². The quantitative estimate of drug-likeness (QED) is 0.663. The van der Waals surface area contributed by atoms with E-state index in [4.69, 9.17) is 9.47 Å². The number of nitrogens with one attached hydrogen (secondary N) is 1. The van der Waals surface area contributed by atoms with Gasteiger partial charge in [-0.05, 0) is 52.3 Å². The molecule has 34 heavy (non-hydrogen) atoms. The first-order chi connectivity index (χ1) is 15.9. The number of morpholine rings is 1. The van der Waals surface area contributed by atoms with Crippen LogP contribution in [0.2, 0.25) is 0 Å². The summed E-state index contributed by atoms with van der Waals surface area (Å²) in [5, 5.41) is 2.85. The van der Waals surface area contributed by atoms with Crippen molar-refractivity contribution in [3.8, 4) is 0 Å². The van der Waals surface area contributed by atoms with Gasteiger partial charge >= 0.3 is 6.09 Å². The van der Waals surface area contributed by atoms with Crippen LogP contribution in [0, 0.1) is 6.92 Å². The Hall–Kier alpha value is -2.21.